The van der Waals surface area contributed by atoms with Crippen LogP contribution in [0.15, 0.2) is 23.1 Å². The van der Waals surface area contributed by atoms with Crippen molar-refractivity contribution in [2.75, 3.05) is 31.1 Å². The third kappa shape index (κ3) is 5.19. The maximum absolute atomic E-state index is 12.7. The lowest BCUT2D eigenvalue weighted by atomic mass is 10.1. The molecular weight excluding hydrogens is 338 g/mol. The summed E-state index contributed by atoms with van der Waals surface area (Å²) in [6, 6.07) is 4.97. The van der Waals surface area contributed by atoms with Gasteiger partial charge in [0.2, 0.25) is 10.0 Å². The Hall–Kier alpha value is -1.60. The zero-order chi connectivity index (χ0) is 18.4. The number of amides is 1. The monoisotopic (exact) mass is 367 g/mol. The van der Waals surface area contributed by atoms with Crippen molar-refractivity contribution in [3.05, 3.63) is 23.8 Å². The minimum Gasteiger partial charge on any atom is -0.370 e. The Morgan fingerprint density at radius 2 is 1.92 bits per heavy atom. The van der Waals surface area contributed by atoms with E-state index < -0.39 is 10.0 Å². The highest BCUT2D eigenvalue weighted by Crippen LogP contribution is 2.29. The quantitative estimate of drug-likeness (QED) is 0.739. The molecule has 140 valence electrons. The summed E-state index contributed by atoms with van der Waals surface area (Å²) in [5.74, 6) is 0.0934. The van der Waals surface area contributed by atoms with Gasteiger partial charge in [0.15, 0.2) is 0 Å². The van der Waals surface area contributed by atoms with E-state index in [9.17, 15) is 13.2 Å². The summed E-state index contributed by atoms with van der Waals surface area (Å²) in [6.07, 6.45) is 2.82. The maximum Gasteiger partial charge on any atom is 0.251 e. The van der Waals surface area contributed by atoms with E-state index in [-0.39, 0.29) is 10.8 Å². The van der Waals surface area contributed by atoms with E-state index in [1.807, 2.05) is 20.8 Å². The summed E-state index contributed by atoms with van der Waals surface area (Å²) in [4.78, 5) is 14.6. The van der Waals surface area contributed by atoms with Crippen molar-refractivity contribution in [2.45, 2.75) is 44.9 Å². The molecule has 1 aliphatic heterocycles. The van der Waals surface area contributed by atoms with Crippen LogP contribution < -0.4 is 14.9 Å². The molecule has 0 radical (unpaired) electrons. The molecule has 7 heteroatoms. The van der Waals surface area contributed by atoms with Gasteiger partial charge < -0.3 is 10.2 Å². The fourth-order valence-corrected chi connectivity index (χ4v) is 4.19. The number of anilines is 1. The Morgan fingerprint density at radius 3 is 2.52 bits per heavy atom. The smallest absolute Gasteiger partial charge is 0.251 e. The van der Waals surface area contributed by atoms with E-state index in [1.54, 1.807) is 12.1 Å². The Balaban J connectivity index is 2.36. The number of benzene rings is 1. The number of carbonyl (C=O) groups excluding carboxylic acids is 1. The van der Waals surface area contributed by atoms with Gasteiger partial charge in [0, 0.05) is 31.7 Å². The zero-order valence-corrected chi connectivity index (χ0v) is 16.2. The number of nitrogens with zero attached hydrogens (tertiary/aromatic N) is 1. The molecule has 0 aromatic heterocycles. The number of rotatable bonds is 8. The highest BCUT2D eigenvalue weighted by Gasteiger charge is 2.25. The molecule has 1 aromatic carbocycles. The van der Waals surface area contributed by atoms with E-state index in [4.69, 9.17) is 0 Å². The van der Waals surface area contributed by atoms with E-state index in [1.165, 1.54) is 6.07 Å². The maximum atomic E-state index is 12.7. The number of hydrogen-bond donors (Lipinski definition) is 2. The van der Waals surface area contributed by atoms with E-state index in [0.717, 1.165) is 25.9 Å². The molecule has 1 saturated heterocycles. The van der Waals surface area contributed by atoms with Crippen molar-refractivity contribution in [3.8, 4) is 0 Å². The second-order valence-corrected chi connectivity index (χ2v) is 8.61. The molecule has 1 aliphatic rings. The largest absolute Gasteiger partial charge is 0.370 e. The number of carbonyl (C=O) groups is 1. The molecule has 0 spiro atoms. The van der Waals surface area contributed by atoms with Crippen LogP contribution in [0.1, 0.15) is 50.4 Å². The zero-order valence-electron chi connectivity index (χ0n) is 15.3. The van der Waals surface area contributed by atoms with Crippen LogP contribution in [0, 0.1) is 5.92 Å². The highest BCUT2D eigenvalue weighted by atomic mass is 32.2. The average Bonchev–Trinajstić information content (AvgIpc) is 3.11. The normalized spacial score (nSPS) is 15.0. The standard InChI is InChI=1S/C18H29N3O3S/c1-4-9-20-25(23,24)17-12-15(18(22)19-13-14(2)3)7-8-16(17)21-10-5-6-11-21/h7-8,12,14,20H,4-6,9-11,13H2,1-3H3,(H,19,22). The van der Waals surface area contributed by atoms with Gasteiger partial charge in [-0.05, 0) is 43.4 Å². The minimum atomic E-state index is -3.65. The third-order valence-electron chi connectivity index (χ3n) is 4.17. The van der Waals surface area contributed by atoms with E-state index in [0.29, 0.717) is 36.7 Å². The summed E-state index contributed by atoms with van der Waals surface area (Å²) in [7, 11) is -3.65. The summed E-state index contributed by atoms with van der Waals surface area (Å²) in [6.45, 7) is 8.57. The van der Waals surface area contributed by atoms with Crippen molar-refractivity contribution in [1.29, 1.82) is 0 Å². The number of hydrogen-bond acceptors (Lipinski definition) is 4. The van der Waals surface area contributed by atoms with Gasteiger partial charge in [-0.2, -0.15) is 0 Å². The van der Waals surface area contributed by atoms with Crippen LogP contribution in [0.4, 0.5) is 5.69 Å². The summed E-state index contributed by atoms with van der Waals surface area (Å²) >= 11 is 0. The van der Waals surface area contributed by atoms with Crippen LogP contribution in [-0.2, 0) is 10.0 Å². The molecule has 0 aliphatic carbocycles. The van der Waals surface area contributed by atoms with E-state index in [2.05, 4.69) is 14.9 Å². The highest BCUT2D eigenvalue weighted by molar-refractivity contribution is 7.89. The summed E-state index contributed by atoms with van der Waals surface area (Å²) in [5.41, 5.74) is 1.06. The van der Waals surface area contributed by atoms with Gasteiger partial charge in [-0.15, -0.1) is 0 Å². The predicted octanol–water partition coefficient (Wildman–Crippen LogP) is 2.36. The fourth-order valence-electron chi connectivity index (χ4n) is 2.80. The van der Waals surface area contributed by atoms with Crippen LogP contribution in [0.5, 0.6) is 0 Å². The molecule has 0 bridgehead atoms. The predicted molar refractivity (Wildman–Crippen MR) is 101 cm³/mol. The van der Waals surface area contributed by atoms with Crippen molar-refractivity contribution in [1.82, 2.24) is 10.0 Å². The average molecular weight is 368 g/mol. The Labute approximate surface area is 151 Å². The lowest BCUT2D eigenvalue weighted by Gasteiger charge is -2.22. The first-order valence-electron chi connectivity index (χ1n) is 9.02. The second-order valence-electron chi connectivity index (χ2n) is 6.88. The first kappa shape index (κ1) is 19.7. The molecule has 1 fully saturated rings. The molecular formula is C18H29N3O3S. The molecule has 0 atom stereocenters. The summed E-state index contributed by atoms with van der Waals surface area (Å²) in [5, 5.41) is 2.84. The molecule has 1 aromatic rings. The SMILES string of the molecule is CCCNS(=O)(=O)c1cc(C(=O)NCC(C)C)ccc1N1CCCC1. The number of sulfonamides is 1. The van der Waals surface area contributed by atoms with Gasteiger partial charge in [0.05, 0.1) is 5.69 Å². The van der Waals surface area contributed by atoms with Crippen LogP contribution in [-0.4, -0.2) is 40.5 Å². The molecule has 6 nitrogen and oxygen atoms in total. The van der Waals surface area contributed by atoms with Crippen LogP contribution in [0.25, 0.3) is 0 Å². The first-order valence-corrected chi connectivity index (χ1v) is 10.5. The van der Waals surface area contributed by atoms with Gasteiger partial charge in [0.1, 0.15) is 4.90 Å². The summed E-state index contributed by atoms with van der Waals surface area (Å²) < 4.78 is 28.1. The lowest BCUT2D eigenvalue weighted by molar-refractivity contribution is 0.0949. The molecule has 2 rings (SSSR count). The molecule has 0 unspecified atom stereocenters. The molecule has 0 saturated carbocycles. The minimum absolute atomic E-state index is 0.194. The van der Waals surface area contributed by atoms with Crippen LogP contribution in [0.2, 0.25) is 0 Å². The van der Waals surface area contributed by atoms with Crippen molar-refractivity contribution < 1.29 is 13.2 Å². The van der Waals surface area contributed by atoms with Gasteiger partial charge in [-0.1, -0.05) is 20.8 Å². The van der Waals surface area contributed by atoms with Gasteiger partial charge in [0.25, 0.3) is 5.91 Å². The van der Waals surface area contributed by atoms with E-state index >= 15 is 0 Å². The Morgan fingerprint density at radius 1 is 1.24 bits per heavy atom. The topological polar surface area (TPSA) is 78.5 Å². The second kappa shape index (κ2) is 8.67. The fraction of sp³-hybridized carbons (Fsp3) is 0.611. The van der Waals surface area contributed by atoms with Crippen molar-refractivity contribution in [3.63, 3.8) is 0 Å². The number of nitrogens with one attached hydrogen (secondary N) is 2. The lowest BCUT2D eigenvalue weighted by Crippen LogP contribution is -2.30. The van der Waals surface area contributed by atoms with Crippen LogP contribution >= 0.6 is 0 Å². The van der Waals surface area contributed by atoms with Crippen molar-refractivity contribution >= 4 is 21.6 Å². The molecule has 2 N–H and O–H groups in total. The third-order valence-corrected chi connectivity index (χ3v) is 5.66. The first-order chi connectivity index (χ1) is 11.8. The van der Waals surface area contributed by atoms with Gasteiger partial charge in [-0.3, -0.25) is 4.79 Å². The molecule has 1 heterocycles. The Bertz CT molecular complexity index is 696. The van der Waals surface area contributed by atoms with Gasteiger partial charge >= 0.3 is 0 Å². The Kier molecular flexibility index (Phi) is 6.84. The van der Waals surface area contributed by atoms with Crippen LogP contribution in [0.3, 0.4) is 0 Å². The molecule has 1 amide bonds. The van der Waals surface area contributed by atoms with Crippen molar-refractivity contribution in [2.24, 2.45) is 5.92 Å². The molecule has 25 heavy (non-hydrogen) atoms. The van der Waals surface area contributed by atoms with Gasteiger partial charge in [-0.25, -0.2) is 13.1 Å².